The number of rotatable bonds is 2. The van der Waals surface area contributed by atoms with E-state index in [0.29, 0.717) is 5.92 Å². The third-order valence-electron chi connectivity index (χ3n) is 3.92. The molecule has 3 heterocycles. The first kappa shape index (κ1) is 12.3. The lowest BCUT2D eigenvalue weighted by atomic mass is 9.98. The number of nitrogens with zero attached hydrogens (tertiary/aromatic N) is 4. The van der Waals surface area contributed by atoms with Gasteiger partial charge >= 0.3 is 0 Å². The van der Waals surface area contributed by atoms with E-state index in [0.717, 1.165) is 48.9 Å². The Bertz CT molecular complexity index is 707. The van der Waals surface area contributed by atoms with Crippen LogP contribution in [0.4, 0.5) is 5.95 Å². The Labute approximate surface area is 122 Å². The van der Waals surface area contributed by atoms with Gasteiger partial charge in [0.1, 0.15) is 5.52 Å². The summed E-state index contributed by atoms with van der Waals surface area (Å²) < 4.78 is 5.91. The van der Waals surface area contributed by atoms with Crippen LogP contribution in [0.5, 0.6) is 0 Å². The van der Waals surface area contributed by atoms with Crippen LogP contribution in [0.25, 0.3) is 11.1 Å². The van der Waals surface area contributed by atoms with Crippen molar-refractivity contribution >= 4 is 17.0 Å². The predicted molar refractivity (Wildman–Crippen MR) is 80.2 cm³/mol. The lowest BCUT2D eigenvalue weighted by Crippen LogP contribution is -2.35. The Kier molecular flexibility index (Phi) is 3.03. The van der Waals surface area contributed by atoms with Crippen LogP contribution < -0.4 is 4.90 Å². The Morgan fingerprint density at radius 1 is 1.10 bits per heavy atom. The van der Waals surface area contributed by atoms with Gasteiger partial charge in [-0.1, -0.05) is 12.1 Å². The molecule has 0 radical (unpaired) electrons. The molecule has 1 saturated heterocycles. The van der Waals surface area contributed by atoms with Gasteiger partial charge in [-0.05, 0) is 31.0 Å². The van der Waals surface area contributed by atoms with Crippen molar-refractivity contribution in [2.75, 3.05) is 18.0 Å². The van der Waals surface area contributed by atoms with Crippen molar-refractivity contribution < 1.29 is 4.42 Å². The molecule has 3 aromatic rings. The van der Waals surface area contributed by atoms with Crippen molar-refractivity contribution in [3.05, 3.63) is 48.6 Å². The van der Waals surface area contributed by atoms with E-state index in [1.807, 2.05) is 30.3 Å². The van der Waals surface area contributed by atoms with Crippen molar-refractivity contribution in [3.8, 4) is 0 Å². The van der Waals surface area contributed by atoms with Crippen LogP contribution in [0.2, 0.25) is 0 Å². The van der Waals surface area contributed by atoms with E-state index >= 15 is 0 Å². The molecule has 1 unspecified atom stereocenters. The number of hydrogen-bond acceptors (Lipinski definition) is 5. The minimum absolute atomic E-state index is 0.301. The molecule has 4 rings (SSSR count). The van der Waals surface area contributed by atoms with Crippen LogP contribution in [0.15, 0.2) is 47.1 Å². The fraction of sp³-hybridized carbons (Fsp3) is 0.312. The number of hydrogen-bond donors (Lipinski definition) is 0. The van der Waals surface area contributed by atoms with Crippen LogP contribution in [0, 0.1) is 0 Å². The lowest BCUT2D eigenvalue weighted by molar-refractivity contribution is 0.411. The lowest BCUT2D eigenvalue weighted by Gasteiger charge is -2.31. The second-order valence-electron chi connectivity index (χ2n) is 5.35. The fourth-order valence-electron chi connectivity index (χ4n) is 2.88. The van der Waals surface area contributed by atoms with Gasteiger partial charge in [-0.25, -0.2) is 15.0 Å². The topological polar surface area (TPSA) is 55.1 Å². The molecule has 0 spiro atoms. The van der Waals surface area contributed by atoms with Crippen molar-refractivity contribution in [3.63, 3.8) is 0 Å². The van der Waals surface area contributed by atoms with Crippen LogP contribution in [-0.4, -0.2) is 28.0 Å². The number of para-hydroxylation sites is 2. The summed E-state index contributed by atoms with van der Waals surface area (Å²) in [7, 11) is 0. The number of aromatic nitrogens is 3. The van der Waals surface area contributed by atoms with Gasteiger partial charge in [0.05, 0.1) is 5.92 Å². The Morgan fingerprint density at radius 3 is 2.81 bits per heavy atom. The number of oxazole rings is 1. The van der Waals surface area contributed by atoms with Crippen molar-refractivity contribution in [2.45, 2.75) is 18.8 Å². The SMILES string of the molecule is c1cnc(N2CCCC(c3nc4ccccc4o3)C2)nc1. The van der Waals surface area contributed by atoms with Crippen molar-refractivity contribution in [1.29, 1.82) is 0 Å². The summed E-state index contributed by atoms with van der Waals surface area (Å²) >= 11 is 0. The number of benzene rings is 1. The second kappa shape index (κ2) is 5.16. The van der Waals surface area contributed by atoms with E-state index in [-0.39, 0.29) is 0 Å². The highest BCUT2D eigenvalue weighted by atomic mass is 16.3. The van der Waals surface area contributed by atoms with Gasteiger partial charge in [0, 0.05) is 25.5 Å². The first-order valence-electron chi connectivity index (χ1n) is 7.27. The first-order valence-corrected chi connectivity index (χ1v) is 7.27. The van der Waals surface area contributed by atoms with Gasteiger partial charge in [-0.2, -0.15) is 0 Å². The Hall–Kier alpha value is -2.43. The summed E-state index contributed by atoms with van der Waals surface area (Å²) in [4.78, 5) is 15.5. The normalized spacial score (nSPS) is 19.0. The monoisotopic (exact) mass is 280 g/mol. The van der Waals surface area contributed by atoms with Gasteiger partial charge in [-0.15, -0.1) is 0 Å². The average molecular weight is 280 g/mol. The molecule has 1 fully saturated rings. The number of piperidine rings is 1. The highest BCUT2D eigenvalue weighted by Crippen LogP contribution is 2.30. The quantitative estimate of drug-likeness (QED) is 0.722. The van der Waals surface area contributed by atoms with Gasteiger partial charge in [0.2, 0.25) is 5.95 Å². The average Bonchev–Trinajstić information content (AvgIpc) is 3.00. The van der Waals surface area contributed by atoms with Crippen LogP contribution in [0.1, 0.15) is 24.7 Å². The molecule has 1 aliphatic rings. The predicted octanol–water partition coefficient (Wildman–Crippen LogP) is 3.00. The summed E-state index contributed by atoms with van der Waals surface area (Å²) in [5, 5.41) is 0. The zero-order valence-electron chi connectivity index (χ0n) is 11.6. The van der Waals surface area contributed by atoms with Crippen molar-refractivity contribution in [2.24, 2.45) is 0 Å². The molecule has 5 heteroatoms. The molecule has 2 aromatic heterocycles. The smallest absolute Gasteiger partial charge is 0.225 e. The molecule has 1 aromatic carbocycles. The summed E-state index contributed by atoms with van der Waals surface area (Å²) in [6.45, 7) is 1.84. The zero-order valence-corrected chi connectivity index (χ0v) is 11.6. The highest BCUT2D eigenvalue weighted by molar-refractivity contribution is 5.72. The maximum Gasteiger partial charge on any atom is 0.225 e. The third kappa shape index (κ3) is 2.35. The molecule has 0 amide bonds. The minimum Gasteiger partial charge on any atom is -0.440 e. The molecule has 0 N–H and O–H groups in total. The van der Waals surface area contributed by atoms with E-state index in [1.165, 1.54) is 0 Å². The minimum atomic E-state index is 0.301. The fourth-order valence-corrected chi connectivity index (χ4v) is 2.88. The first-order chi connectivity index (χ1) is 10.4. The molecule has 0 bridgehead atoms. The van der Waals surface area contributed by atoms with E-state index in [1.54, 1.807) is 12.4 Å². The highest BCUT2D eigenvalue weighted by Gasteiger charge is 2.26. The molecule has 5 nitrogen and oxygen atoms in total. The molecular formula is C16H16N4O. The summed E-state index contributed by atoms with van der Waals surface area (Å²) in [5.41, 5.74) is 1.79. The molecule has 1 atom stereocenters. The van der Waals surface area contributed by atoms with Crippen molar-refractivity contribution in [1.82, 2.24) is 15.0 Å². The van der Waals surface area contributed by atoms with Crippen LogP contribution in [-0.2, 0) is 0 Å². The largest absolute Gasteiger partial charge is 0.440 e. The number of fused-ring (bicyclic) bond motifs is 1. The molecule has 21 heavy (non-hydrogen) atoms. The standard InChI is InChI=1S/C16H16N4O/c1-2-7-14-13(6-1)19-15(21-14)12-5-3-10-20(11-12)16-17-8-4-9-18-16/h1-2,4,6-9,12H,3,5,10-11H2. The maximum atomic E-state index is 5.91. The van der Waals surface area contributed by atoms with Gasteiger partial charge in [-0.3, -0.25) is 0 Å². The van der Waals surface area contributed by atoms with E-state index in [4.69, 9.17) is 4.42 Å². The Morgan fingerprint density at radius 2 is 1.95 bits per heavy atom. The molecule has 0 saturated carbocycles. The summed E-state index contributed by atoms with van der Waals surface area (Å²) in [6.07, 6.45) is 5.76. The third-order valence-corrected chi connectivity index (χ3v) is 3.92. The summed E-state index contributed by atoms with van der Waals surface area (Å²) in [5.74, 6) is 1.92. The van der Waals surface area contributed by atoms with E-state index in [9.17, 15) is 0 Å². The maximum absolute atomic E-state index is 5.91. The Balaban J connectivity index is 1.60. The zero-order chi connectivity index (χ0) is 14.1. The van der Waals surface area contributed by atoms with Gasteiger partial charge in [0.15, 0.2) is 11.5 Å². The van der Waals surface area contributed by atoms with Crippen LogP contribution in [0.3, 0.4) is 0 Å². The van der Waals surface area contributed by atoms with Crippen LogP contribution >= 0.6 is 0 Å². The molecule has 0 aliphatic carbocycles. The van der Waals surface area contributed by atoms with Gasteiger partial charge < -0.3 is 9.32 Å². The molecule has 1 aliphatic heterocycles. The second-order valence-corrected chi connectivity index (χ2v) is 5.35. The van der Waals surface area contributed by atoms with E-state index < -0.39 is 0 Å². The molecular weight excluding hydrogens is 264 g/mol. The molecule has 106 valence electrons. The van der Waals surface area contributed by atoms with Gasteiger partial charge in [0.25, 0.3) is 0 Å². The number of anilines is 1. The summed E-state index contributed by atoms with van der Waals surface area (Å²) in [6, 6.07) is 9.75. The van der Waals surface area contributed by atoms with E-state index in [2.05, 4.69) is 19.9 Å².